The van der Waals surface area contributed by atoms with Gasteiger partial charge < -0.3 is 18.9 Å². The molecule has 1 aromatic heterocycles. The van der Waals surface area contributed by atoms with Crippen molar-refractivity contribution in [2.75, 3.05) is 11.0 Å². The summed E-state index contributed by atoms with van der Waals surface area (Å²) in [6.45, 7) is 2.35. The molecule has 4 atom stereocenters. The monoisotopic (exact) mass is 446 g/mol. The van der Waals surface area contributed by atoms with Crippen molar-refractivity contribution >= 4 is 22.6 Å². The molecule has 2 saturated heterocycles. The maximum atomic E-state index is 11.6. The van der Waals surface area contributed by atoms with Gasteiger partial charge in [0.2, 0.25) is 0 Å². The van der Waals surface area contributed by atoms with E-state index in [1.54, 1.807) is 10.8 Å². The second kappa shape index (κ2) is 4.93. The Morgan fingerprint density at radius 2 is 2.17 bits per heavy atom. The highest BCUT2D eigenvalue weighted by Crippen LogP contribution is 2.59. The number of ether oxygens (including phenoxy) is 4. The standard InChI is InChI=1S/C16H19IN2O5/c1-14-11(22-16(24-14)5-2-3-6-16)15(8-17)9-21-13-18-10(20)4-7-19(13)12(14)23-15/h4,7,11-12H,2-3,5-6,8-9H2,1H3/t11-,12?,14+,15+/m0/s1. The largest absolute Gasteiger partial charge is 0.461 e. The molecule has 8 heteroatoms. The Hall–Kier alpha value is -0.710. The summed E-state index contributed by atoms with van der Waals surface area (Å²) < 4.78 is 27.8. The third-order valence-corrected chi connectivity index (χ3v) is 6.96. The Morgan fingerprint density at radius 3 is 2.92 bits per heavy atom. The summed E-state index contributed by atoms with van der Waals surface area (Å²) in [5, 5.41) is 0. The van der Waals surface area contributed by atoms with Gasteiger partial charge in [0.05, 0.1) is 0 Å². The molecule has 1 spiro atoms. The van der Waals surface area contributed by atoms with Crippen LogP contribution in [-0.4, -0.2) is 43.7 Å². The average Bonchev–Trinajstić information content (AvgIpc) is 3.15. The summed E-state index contributed by atoms with van der Waals surface area (Å²) in [4.78, 5) is 15.6. The number of hydrogen-bond donors (Lipinski definition) is 0. The molecule has 24 heavy (non-hydrogen) atoms. The molecule has 0 aromatic carbocycles. The lowest BCUT2D eigenvalue weighted by atomic mass is 9.89. The predicted molar refractivity (Wildman–Crippen MR) is 91.3 cm³/mol. The van der Waals surface area contributed by atoms with Crippen LogP contribution in [0.4, 0.5) is 0 Å². The normalized spacial score (nSPS) is 41.8. The molecule has 7 nitrogen and oxygen atoms in total. The van der Waals surface area contributed by atoms with E-state index >= 15 is 0 Å². The second-order valence-corrected chi connectivity index (χ2v) is 8.08. The van der Waals surface area contributed by atoms with Crippen molar-refractivity contribution in [1.82, 2.24) is 9.55 Å². The van der Waals surface area contributed by atoms with Gasteiger partial charge in [0.15, 0.2) is 12.0 Å². The van der Waals surface area contributed by atoms with Crippen molar-refractivity contribution in [3.8, 4) is 6.01 Å². The molecule has 2 bridgehead atoms. The molecular formula is C16H19IN2O5. The Bertz CT molecular complexity index is 748. The Kier molecular flexibility index (Phi) is 3.19. The van der Waals surface area contributed by atoms with Crippen molar-refractivity contribution < 1.29 is 18.9 Å². The fourth-order valence-electron chi connectivity index (χ4n) is 4.61. The third kappa shape index (κ3) is 1.88. The van der Waals surface area contributed by atoms with E-state index in [9.17, 15) is 4.79 Å². The van der Waals surface area contributed by atoms with Crippen LogP contribution in [0.15, 0.2) is 17.1 Å². The third-order valence-electron chi connectivity index (χ3n) is 5.67. The van der Waals surface area contributed by atoms with Crippen LogP contribution < -0.4 is 10.3 Å². The lowest BCUT2D eigenvalue weighted by molar-refractivity contribution is -0.241. The minimum absolute atomic E-state index is 0.211. The number of halogens is 1. The lowest BCUT2D eigenvalue weighted by Crippen LogP contribution is -2.53. The molecule has 130 valence electrons. The molecule has 1 aliphatic carbocycles. The van der Waals surface area contributed by atoms with E-state index in [0.717, 1.165) is 25.7 Å². The molecule has 0 N–H and O–H groups in total. The van der Waals surface area contributed by atoms with E-state index in [2.05, 4.69) is 34.5 Å². The molecule has 4 heterocycles. The first kappa shape index (κ1) is 15.5. The number of hydrogen-bond acceptors (Lipinski definition) is 6. The highest BCUT2D eigenvalue weighted by molar-refractivity contribution is 14.1. The van der Waals surface area contributed by atoms with Crippen LogP contribution in [-0.2, 0) is 14.2 Å². The van der Waals surface area contributed by atoms with Crippen molar-refractivity contribution in [2.24, 2.45) is 0 Å². The molecule has 1 saturated carbocycles. The number of alkyl halides is 1. The lowest BCUT2D eigenvalue weighted by Gasteiger charge is -2.32. The molecule has 1 unspecified atom stereocenters. The molecule has 1 aromatic rings. The van der Waals surface area contributed by atoms with Gasteiger partial charge in [0.1, 0.15) is 23.9 Å². The highest BCUT2D eigenvalue weighted by atomic mass is 127. The van der Waals surface area contributed by atoms with Gasteiger partial charge in [-0.2, -0.15) is 4.98 Å². The van der Waals surface area contributed by atoms with Crippen molar-refractivity contribution in [3.63, 3.8) is 0 Å². The van der Waals surface area contributed by atoms with E-state index in [-0.39, 0.29) is 17.7 Å². The number of aromatic nitrogens is 2. The van der Waals surface area contributed by atoms with E-state index in [0.29, 0.717) is 11.0 Å². The van der Waals surface area contributed by atoms with Crippen molar-refractivity contribution in [3.05, 3.63) is 22.6 Å². The summed E-state index contributed by atoms with van der Waals surface area (Å²) in [5.74, 6) is -0.504. The zero-order chi connectivity index (χ0) is 16.6. The minimum Gasteiger partial charge on any atom is -0.461 e. The molecule has 3 aliphatic heterocycles. The number of rotatable bonds is 1. The van der Waals surface area contributed by atoms with Crippen LogP contribution in [0.5, 0.6) is 6.01 Å². The quantitative estimate of drug-likeness (QED) is 0.484. The van der Waals surface area contributed by atoms with Crippen LogP contribution in [0.25, 0.3) is 0 Å². The van der Waals surface area contributed by atoms with Crippen LogP contribution in [0, 0.1) is 0 Å². The first-order chi connectivity index (χ1) is 11.5. The van der Waals surface area contributed by atoms with Crippen LogP contribution in [0.2, 0.25) is 0 Å². The Morgan fingerprint density at radius 1 is 1.38 bits per heavy atom. The zero-order valence-electron chi connectivity index (χ0n) is 13.4. The van der Waals surface area contributed by atoms with Gasteiger partial charge in [0, 0.05) is 29.5 Å². The van der Waals surface area contributed by atoms with Gasteiger partial charge in [-0.25, -0.2) is 0 Å². The van der Waals surface area contributed by atoms with E-state index < -0.39 is 23.2 Å². The smallest absolute Gasteiger partial charge is 0.302 e. The van der Waals surface area contributed by atoms with E-state index in [4.69, 9.17) is 18.9 Å². The van der Waals surface area contributed by atoms with E-state index in [1.807, 2.05) is 0 Å². The topological polar surface area (TPSA) is 71.8 Å². The maximum Gasteiger partial charge on any atom is 0.302 e. The summed E-state index contributed by atoms with van der Waals surface area (Å²) in [6.07, 6.45) is 5.11. The van der Waals surface area contributed by atoms with Gasteiger partial charge in [-0.05, 0) is 19.8 Å². The molecule has 0 radical (unpaired) electrons. The van der Waals surface area contributed by atoms with Crippen molar-refractivity contribution in [2.45, 2.75) is 61.9 Å². The van der Waals surface area contributed by atoms with E-state index in [1.165, 1.54) is 6.07 Å². The molecule has 5 rings (SSSR count). The molecular weight excluding hydrogens is 427 g/mol. The van der Waals surface area contributed by atoms with Crippen molar-refractivity contribution in [1.29, 1.82) is 0 Å². The Labute approximate surface area is 152 Å². The fourth-order valence-corrected chi connectivity index (χ4v) is 5.41. The molecule has 3 fully saturated rings. The average molecular weight is 446 g/mol. The minimum atomic E-state index is -0.634. The SMILES string of the molecule is C[C@@]12OC3(CCCC3)O[C@@H]1[C@@]1(CI)COc3nc(=O)ccn3C2O1. The molecule has 4 aliphatic rings. The highest BCUT2D eigenvalue weighted by Gasteiger charge is 2.72. The first-order valence-corrected chi connectivity index (χ1v) is 9.87. The van der Waals surface area contributed by atoms with Crippen LogP contribution >= 0.6 is 22.6 Å². The summed E-state index contributed by atoms with van der Waals surface area (Å²) in [7, 11) is 0. The first-order valence-electron chi connectivity index (χ1n) is 8.34. The predicted octanol–water partition coefficient (Wildman–Crippen LogP) is 1.78. The van der Waals surface area contributed by atoms with Crippen LogP contribution in [0.1, 0.15) is 38.8 Å². The van der Waals surface area contributed by atoms with Gasteiger partial charge in [-0.3, -0.25) is 9.36 Å². The summed E-state index contributed by atoms with van der Waals surface area (Å²) in [5.41, 5.74) is -1.56. The van der Waals surface area contributed by atoms with Gasteiger partial charge in [-0.1, -0.05) is 22.6 Å². The van der Waals surface area contributed by atoms with Gasteiger partial charge in [-0.15, -0.1) is 0 Å². The number of fused-ring (bicyclic) bond motifs is 7. The summed E-state index contributed by atoms with van der Waals surface area (Å²) >= 11 is 2.31. The van der Waals surface area contributed by atoms with Gasteiger partial charge >= 0.3 is 6.01 Å². The van der Waals surface area contributed by atoms with Gasteiger partial charge in [0.25, 0.3) is 5.56 Å². The number of nitrogens with zero attached hydrogens (tertiary/aromatic N) is 2. The second-order valence-electron chi connectivity index (χ2n) is 7.31. The Balaban J connectivity index is 1.66. The summed E-state index contributed by atoms with van der Waals surface area (Å²) in [6, 6.07) is 1.71. The van der Waals surface area contributed by atoms with Crippen LogP contribution in [0.3, 0.4) is 0 Å². The molecule has 0 amide bonds. The fraction of sp³-hybridized carbons (Fsp3) is 0.750. The maximum absolute atomic E-state index is 11.6. The zero-order valence-corrected chi connectivity index (χ0v) is 15.5.